The lowest BCUT2D eigenvalue weighted by atomic mass is 9.85. The van der Waals surface area contributed by atoms with Gasteiger partial charge in [0, 0.05) is 31.7 Å². The van der Waals surface area contributed by atoms with Crippen molar-refractivity contribution < 1.29 is 24.2 Å². The first kappa shape index (κ1) is 26.9. The van der Waals surface area contributed by atoms with E-state index in [2.05, 4.69) is 25.7 Å². The van der Waals surface area contributed by atoms with Crippen LogP contribution < -0.4 is 4.74 Å². The summed E-state index contributed by atoms with van der Waals surface area (Å²) in [5, 5.41) is 11.4. The lowest BCUT2D eigenvalue weighted by Crippen LogP contribution is -2.39. The Bertz CT molecular complexity index is 1170. The van der Waals surface area contributed by atoms with E-state index in [0.717, 1.165) is 42.7 Å². The van der Waals surface area contributed by atoms with Gasteiger partial charge in [-0.05, 0) is 53.6 Å². The molecule has 2 aromatic carbocycles. The number of aliphatic hydroxyl groups is 1. The average Bonchev–Trinajstić information content (AvgIpc) is 3.13. The molecule has 37 heavy (non-hydrogen) atoms. The summed E-state index contributed by atoms with van der Waals surface area (Å²) < 4.78 is 10.8. The van der Waals surface area contributed by atoms with Crippen molar-refractivity contribution in [2.75, 3.05) is 46.5 Å². The van der Waals surface area contributed by atoms with Crippen LogP contribution in [0.15, 0.2) is 48.0 Å². The number of likely N-dealkylation sites (tertiary alicyclic amines) is 1. The van der Waals surface area contributed by atoms with Gasteiger partial charge in [0.15, 0.2) is 0 Å². The van der Waals surface area contributed by atoms with E-state index in [1.807, 2.05) is 31.2 Å². The predicted octanol–water partition coefficient (Wildman–Crippen LogP) is 4.45. The van der Waals surface area contributed by atoms with Gasteiger partial charge in [-0.1, -0.05) is 45.0 Å². The first-order chi connectivity index (χ1) is 17.6. The first-order valence-corrected chi connectivity index (χ1v) is 13.0. The van der Waals surface area contributed by atoms with Crippen LogP contribution in [0.5, 0.6) is 5.75 Å². The maximum absolute atomic E-state index is 13.4. The highest BCUT2D eigenvalue weighted by atomic mass is 16.5. The Morgan fingerprint density at radius 1 is 1.05 bits per heavy atom. The first-order valence-electron chi connectivity index (χ1n) is 13.0. The van der Waals surface area contributed by atoms with E-state index in [9.17, 15) is 14.7 Å². The van der Waals surface area contributed by atoms with E-state index < -0.39 is 17.7 Å². The fraction of sp³-hybridized carbons (Fsp3) is 0.467. The summed E-state index contributed by atoms with van der Waals surface area (Å²) in [5.74, 6) is -0.694. The highest BCUT2D eigenvalue weighted by Crippen LogP contribution is 2.40. The van der Waals surface area contributed by atoms with E-state index >= 15 is 0 Å². The number of rotatable bonds is 7. The van der Waals surface area contributed by atoms with E-state index in [1.54, 1.807) is 30.2 Å². The van der Waals surface area contributed by atoms with Gasteiger partial charge in [0.25, 0.3) is 11.7 Å². The fourth-order valence-corrected chi connectivity index (χ4v) is 5.09. The minimum Gasteiger partial charge on any atom is -0.507 e. The van der Waals surface area contributed by atoms with Gasteiger partial charge in [-0.3, -0.25) is 14.5 Å². The van der Waals surface area contributed by atoms with Crippen LogP contribution in [0.3, 0.4) is 0 Å². The summed E-state index contributed by atoms with van der Waals surface area (Å²) in [6, 6.07) is 12.6. The largest absolute Gasteiger partial charge is 0.507 e. The summed E-state index contributed by atoms with van der Waals surface area (Å²) in [4.78, 5) is 30.6. The zero-order valence-electron chi connectivity index (χ0n) is 22.5. The van der Waals surface area contributed by atoms with Crippen molar-refractivity contribution in [2.24, 2.45) is 0 Å². The Labute approximate surface area is 219 Å². The van der Waals surface area contributed by atoms with E-state index in [1.165, 1.54) is 0 Å². The fourth-order valence-electron chi connectivity index (χ4n) is 5.09. The van der Waals surface area contributed by atoms with Crippen molar-refractivity contribution in [1.29, 1.82) is 0 Å². The van der Waals surface area contributed by atoms with Gasteiger partial charge < -0.3 is 19.5 Å². The summed E-state index contributed by atoms with van der Waals surface area (Å²) in [5.41, 5.74) is 3.39. The number of amides is 1. The molecule has 2 aliphatic heterocycles. The van der Waals surface area contributed by atoms with Crippen LogP contribution >= 0.6 is 0 Å². The molecule has 0 saturated carbocycles. The molecule has 1 amide bonds. The second-order valence-corrected chi connectivity index (χ2v) is 10.9. The average molecular weight is 507 g/mol. The third kappa shape index (κ3) is 5.73. The zero-order chi connectivity index (χ0) is 26.7. The van der Waals surface area contributed by atoms with Crippen LogP contribution in [-0.4, -0.2) is 73.1 Å². The highest BCUT2D eigenvalue weighted by Gasteiger charge is 2.46. The van der Waals surface area contributed by atoms with Crippen LogP contribution in [0, 0.1) is 6.92 Å². The SMILES string of the molecule is COc1ccc(/C(O)=C2\C(=O)C(=O)N(CCCN3CCOCC3)[C@H]2c2ccc(C(C)(C)C)cc2)cc1C. The number of nitrogens with zero attached hydrogens (tertiary/aromatic N) is 2. The topological polar surface area (TPSA) is 79.3 Å². The number of benzene rings is 2. The number of methoxy groups -OCH3 is 1. The number of carbonyl (C=O) groups excluding carboxylic acids is 2. The maximum atomic E-state index is 13.4. The molecule has 2 saturated heterocycles. The summed E-state index contributed by atoms with van der Waals surface area (Å²) in [6.07, 6.45) is 0.727. The van der Waals surface area contributed by atoms with Crippen LogP contribution in [-0.2, 0) is 19.7 Å². The molecule has 7 heteroatoms. The summed E-state index contributed by atoms with van der Waals surface area (Å²) in [7, 11) is 1.59. The Kier molecular flexibility index (Phi) is 8.05. The third-order valence-corrected chi connectivity index (χ3v) is 7.28. The standard InChI is InChI=1S/C30H38N2O5/c1-20-19-22(9-12-24(20)36-5)27(33)25-26(21-7-10-23(11-8-21)30(2,3)4)32(29(35)28(25)34)14-6-13-31-15-17-37-18-16-31/h7-12,19,26,33H,6,13-18H2,1-5H3/b27-25+/t26-/m0/s1. The molecule has 4 rings (SSSR count). The molecule has 0 aromatic heterocycles. The second-order valence-electron chi connectivity index (χ2n) is 10.9. The van der Waals surface area contributed by atoms with Gasteiger partial charge in [-0.15, -0.1) is 0 Å². The number of aliphatic hydroxyl groups excluding tert-OH is 1. The van der Waals surface area contributed by atoms with Crippen molar-refractivity contribution in [1.82, 2.24) is 9.80 Å². The number of morpholine rings is 1. The number of hydrogen-bond acceptors (Lipinski definition) is 6. The molecule has 2 heterocycles. The number of hydrogen-bond donors (Lipinski definition) is 1. The van der Waals surface area contributed by atoms with Crippen LogP contribution in [0.4, 0.5) is 0 Å². The predicted molar refractivity (Wildman–Crippen MR) is 144 cm³/mol. The minimum atomic E-state index is -0.652. The lowest BCUT2D eigenvalue weighted by Gasteiger charge is -2.29. The molecule has 198 valence electrons. The highest BCUT2D eigenvalue weighted by molar-refractivity contribution is 6.46. The van der Waals surface area contributed by atoms with Gasteiger partial charge in [0.1, 0.15) is 11.5 Å². The number of carbonyl (C=O) groups is 2. The number of Topliss-reactive ketones (excluding diaryl/α,β-unsaturated/α-hetero) is 1. The van der Waals surface area contributed by atoms with Crippen LogP contribution in [0.25, 0.3) is 5.76 Å². The van der Waals surface area contributed by atoms with Gasteiger partial charge in [-0.2, -0.15) is 0 Å². The van der Waals surface area contributed by atoms with Crippen LogP contribution in [0.1, 0.15) is 55.5 Å². The molecule has 2 aliphatic rings. The van der Waals surface area contributed by atoms with Crippen molar-refractivity contribution in [3.8, 4) is 5.75 Å². The van der Waals surface area contributed by atoms with E-state index in [-0.39, 0.29) is 16.7 Å². The molecule has 0 aliphatic carbocycles. The molecular formula is C30H38N2O5. The normalized spacial score (nSPS) is 20.5. The molecular weight excluding hydrogens is 468 g/mol. The summed E-state index contributed by atoms with van der Waals surface area (Å²) >= 11 is 0. The van der Waals surface area contributed by atoms with Crippen molar-refractivity contribution >= 4 is 17.4 Å². The summed E-state index contributed by atoms with van der Waals surface area (Å²) in [6.45, 7) is 12.7. The molecule has 2 fully saturated rings. The molecule has 2 aromatic rings. The number of aryl methyl sites for hydroxylation is 1. The Morgan fingerprint density at radius 2 is 1.73 bits per heavy atom. The maximum Gasteiger partial charge on any atom is 0.295 e. The van der Waals surface area contributed by atoms with Crippen molar-refractivity contribution in [3.63, 3.8) is 0 Å². The second kappa shape index (κ2) is 11.1. The van der Waals surface area contributed by atoms with Crippen molar-refractivity contribution in [2.45, 2.75) is 45.6 Å². The van der Waals surface area contributed by atoms with Gasteiger partial charge in [0.2, 0.25) is 0 Å². The molecule has 0 spiro atoms. The molecule has 7 nitrogen and oxygen atoms in total. The van der Waals surface area contributed by atoms with Gasteiger partial charge >= 0.3 is 0 Å². The monoisotopic (exact) mass is 506 g/mol. The number of ether oxygens (including phenoxy) is 2. The third-order valence-electron chi connectivity index (χ3n) is 7.28. The quantitative estimate of drug-likeness (QED) is 0.340. The number of ketones is 1. The molecule has 1 N–H and O–H groups in total. The molecule has 0 radical (unpaired) electrons. The Morgan fingerprint density at radius 3 is 2.32 bits per heavy atom. The molecule has 1 atom stereocenters. The van der Waals surface area contributed by atoms with Crippen LogP contribution in [0.2, 0.25) is 0 Å². The molecule has 0 unspecified atom stereocenters. The minimum absolute atomic E-state index is 0.0287. The molecule has 0 bridgehead atoms. The Hall–Kier alpha value is -3.16. The van der Waals surface area contributed by atoms with E-state index in [4.69, 9.17) is 9.47 Å². The Balaban J connectivity index is 1.71. The van der Waals surface area contributed by atoms with Crippen molar-refractivity contribution in [3.05, 3.63) is 70.3 Å². The van der Waals surface area contributed by atoms with Gasteiger partial charge in [0.05, 0.1) is 31.9 Å². The smallest absolute Gasteiger partial charge is 0.295 e. The van der Waals surface area contributed by atoms with E-state index in [0.29, 0.717) is 31.1 Å². The van der Waals surface area contributed by atoms with Gasteiger partial charge in [-0.25, -0.2) is 0 Å². The lowest BCUT2D eigenvalue weighted by molar-refractivity contribution is -0.140. The zero-order valence-corrected chi connectivity index (χ0v) is 22.5.